The molecule has 0 atom stereocenters. The maximum atomic E-state index is 11.5. The Morgan fingerprint density at radius 3 is 2.71 bits per heavy atom. The summed E-state index contributed by atoms with van der Waals surface area (Å²) >= 11 is 0. The zero-order chi connectivity index (χ0) is 16.9. The average Bonchev–Trinajstić information content (AvgIpc) is 2.97. The molecule has 0 bridgehead atoms. The van der Waals surface area contributed by atoms with Gasteiger partial charge in [0, 0.05) is 12.6 Å². The van der Waals surface area contributed by atoms with E-state index in [1.54, 1.807) is 18.3 Å². The Balaban J connectivity index is 1.92. The van der Waals surface area contributed by atoms with Crippen LogP contribution in [-0.4, -0.2) is 27.6 Å². The minimum atomic E-state index is -0.320. The second-order valence-corrected chi connectivity index (χ2v) is 5.75. The number of unbranched alkanes of at least 4 members (excludes halogenated alkanes) is 1. The molecule has 0 radical (unpaired) electrons. The quantitative estimate of drug-likeness (QED) is 0.650. The van der Waals surface area contributed by atoms with Gasteiger partial charge in [0.1, 0.15) is 11.3 Å². The van der Waals surface area contributed by atoms with Crippen molar-refractivity contribution in [3.63, 3.8) is 0 Å². The molecule has 1 aromatic carbocycles. The summed E-state index contributed by atoms with van der Waals surface area (Å²) in [5, 5.41) is 0. The fourth-order valence-corrected chi connectivity index (χ4v) is 2.74. The lowest BCUT2D eigenvalue weighted by molar-refractivity contribution is 0.0600. The largest absolute Gasteiger partial charge is 0.465 e. The Morgan fingerprint density at radius 1 is 1.21 bits per heavy atom. The Labute approximate surface area is 141 Å². The highest BCUT2D eigenvalue weighted by atomic mass is 16.5. The highest BCUT2D eigenvalue weighted by Crippen LogP contribution is 2.18. The van der Waals surface area contributed by atoms with Crippen molar-refractivity contribution in [2.75, 3.05) is 7.11 Å². The molecule has 0 saturated carbocycles. The molecule has 0 unspecified atom stereocenters. The molecule has 24 heavy (non-hydrogen) atoms. The van der Waals surface area contributed by atoms with Gasteiger partial charge in [-0.25, -0.2) is 14.8 Å². The predicted molar refractivity (Wildman–Crippen MR) is 93.0 cm³/mol. The lowest BCUT2D eigenvalue weighted by atomic mass is 10.1. The van der Waals surface area contributed by atoms with Crippen LogP contribution in [0.3, 0.4) is 0 Å². The van der Waals surface area contributed by atoms with Crippen molar-refractivity contribution in [3.05, 3.63) is 59.5 Å². The summed E-state index contributed by atoms with van der Waals surface area (Å²) in [4.78, 5) is 20.8. The van der Waals surface area contributed by atoms with Crippen LogP contribution in [0.15, 0.2) is 42.6 Å². The zero-order valence-corrected chi connectivity index (χ0v) is 14.0. The van der Waals surface area contributed by atoms with Crippen LogP contribution in [-0.2, 0) is 17.7 Å². The van der Waals surface area contributed by atoms with Crippen LogP contribution in [0.1, 0.15) is 41.5 Å². The number of nitrogens with zero attached hydrogens (tertiary/aromatic N) is 3. The number of carbonyl (C=O) groups is 1. The minimum Gasteiger partial charge on any atom is -0.465 e. The summed E-state index contributed by atoms with van der Waals surface area (Å²) in [6, 6.07) is 11.4. The van der Waals surface area contributed by atoms with Crippen molar-refractivity contribution in [1.82, 2.24) is 14.5 Å². The fraction of sp³-hybridized carbons (Fsp3) is 0.316. The monoisotopic (exact) mass is 323 g/mol. The van der Waals surface area contributed by atoms with Gasteiger partial charge in [-0.3, -0.25) is 0 Å². The van der Waals surface area contributed by atoms with Crippen LogP contribution in [0, 0.1) is 0 Å². The van der Waals surface area contributed by atoms with Crippen molar-refractivity contribution < 1.29 is 9.53 Å². The van der Waals surface area contributed by atoms with Crippen LogP contribution < -0.4 is 0 Å². The number of benzene rings is 1. The van der Waals surface area contributed by atoms with Gasteiger partial charge in [0.15, 0.2) is 5.65 Å². The summed E-state index contributed by atoms with van der Waals surface area (Å²) in [6.45, 7) is 2.87. The fourth-order valence-electron chi connectivity index (χ4n) is 2.74. The number of aromatic nitrogens is 3. The van der Waals surface area contributed by atoms with Crippen LogP contribution in [0.2, 0.25) is 0 Å². The number of methoxy groups -OCH3 is 1. The van der Waals surface area contributed by atoms with E-state index in [2.05, 4.69) is 16.5 Å². The van der Waals surface area contributed by atoms with Crippen molar-refractivity contribution >= 4 is 17.1 Å². The van der Waals surface area contributed by atoms with Crippen LogP contribution in [0.4, 0.5) is 0 Å². The third kappa shape index (κ3) is 3.30. The maximum absolute atomic E-state index is 11.5. The highest BCUT2D eigenvalue weighted by Gasteiger charge is 2.12. The van der Waals surface area contributed by atoms with E-state index >= 15 is 0 Å². The van der Waals surface area contributed by atoms with E-state index < -0.39 is 0 Å². The number of esters is 1. The highest BCUT2D eigenvalue weighted by molar-refractivity contribution is 5.89. The summed E-state index contributed by atoms with van der Waals surface area (Å²) in [5.74, 6) is 0.738. The number of pyridine rings is 1. The summed E-state index contributed by atoms with van der Waals surface area (Å²) in [7, 11) is 1.39. The normalized spacial score (nSPS) is 10.9. The number of hydrogen-bond acceptors (Lipinski definition) is 4. The number of hydrogen-bond donors (Lipinski definition) is 0. The van der Waals surface area contributed by atoms with Crippen molar-refractivity contribution in [3.8, 4) is 0 Å². The third-order valence-electron chi connectivity index (χ3n) is 4.05. The second-order valence-electron chi connectivity index (χ2n) is 5.75. The van der Waals surface area contributed by atoms with Gasteiger partial charge >= 0.3 is 5.97 Å². The molecule has 0 amide bonds. The molecule has 0 aliphatic heterocycles. The van der Waals surface area contributed by atoms with E-state index in [1.165, 1.54) is 7.11 Å². The van der Waals surface area contributed by atoms with Gasteiger partial charge in [-0.1, -0.05) is 25.5 Å². The molecule has 2 aromatic heterocycles. The number of carbonyl (C=O) groups excluding carboxylic acids is 1. The summed E-state index contributed by atoms with van der Waals surface area (Å²) < 4.78 is 6.90. The standard InChI is InChI=1S/C19H21N3O2/c1-3-4-7-17-21-16-6-5-12-20-18(16)22(17)13-14-8-10-15(11-9-14)19(23)24-2/h5-6,8-12H,3-4,7,13H2,1-2H3. The second kappa shape index (κ2) is 7.25. The van der Waals surface area contributed by atoms with Crippen LogP contribution in [0.25, 0.3) is 11.2 Å². The van der Waals surface area contributed by atoms with Gasteiger partial charge in [-0.15, -0.1) is 0 Å². The molecule has 3 aromatic rings. The Kier molecular flexibility index (Phi) is 4.89. The van der Waals surface area contributed by atoms with E-state index in [9.17, 15) is 4.79 Å². The minimum absolute atomic E-state index is 0.320. The molecule has 124 valence electrons. The molecule has 5 nitrogen and oxygen atoms in total. The number of aryl methyl sites for hydroxylation is 1. The molecule has 2 heterocycles. The van der Waals surface area contributed by atoms with Crippen LogP contribution in [0.5, 0.6) is 0 Å². The topological polar surface area (TPSA) is 57.0 Å². The van der Waals surface area contributed by atoms with Crippen molar-refractivity contribution in [1.29, 1.82) is 0 Å². The predicted octanol–water partition coefficient (Wildman–Crippen LogP) is 3.61. The lowest BCUT2D eigenvalue weighted by Gasteiger charge is -2.09. The first-order valence-electron chi connectivity index (χ1n) is 8.20. The molecule has 0 spiro atoms. The van der Waals surface area contributed by atoms with Gasteiger partial charge in [0.2, 0.25) is 0 Å². The Hall–Kier alpha value is -2.69. The Bertz CT molecular complexity index is 837. The number of imidazole rings is 1. The smallest absolute Gasteiger partial charge is 0.337 e. The van der Waals surface area contributed by atoms with E-state index in [0.29, 0.717) is 12.1 Å². The first-order chi connectivity index (χ1) is 11.7. The molecule has 0 N–H and O–H groups in total. The lowest BCUT2D eigenvalue weighted by Crippen LogP contribution is -2.07. The molecular formula is C19H21N3O2. The van der Waals surface area contributed by atoms with Gasteiger partial charge in [-0.05, 0) is 36.2 Å². The SMILES string of the molecule is CCCCc1nc2cccnc2n1Cc1ccc(C(=O)OC)cc1. The molecule has 5 heteroatoms. The van der Waals surface area contributed by atoms with Gasteiger partial charge in [0.05, 0.1) is 19.2 Å². The number of ether oxygens (including phenoxy) is 1. The average molecular weight is 323 g/mol. The molecular weight excluding hydrogens is 302 g/mol. The van der Waals surface area contributed by atoms with Crippen LogP contribution >= 0.6 is 0 Å². The first kappa shape index (κ1) is 16.2. The van der Waals surface area contributed by atoms with Crippen molar-refractivity contribution in [2.24, 2.45) is 0 Å². The molecule has 0 fully saturated rings. The summed E-state index contributed by atoms with van der Waals surface area (Å²) in [6.07, 6.45) is 4.96. The molecule has 0 aliphatic carbocycles. The zero-order valence-electron chi connectivity index (χ0n) is 14.0. The van der Waals surface area contributed by atoms with Crippen molar-refractivity contribution in [2.45, 2.75) is 32.7 Å². The van der Waals surface area contributed by atoms with E-state index in [0.717, 1.165) is 41.8 Å². The maximum Gasteiger partial charge on any atom is 0.337 e. The van der Waals surface area contributed by atoms with E-state index in [4.69, 9.17) is 9.72 Å². The van der Waals surface area contributed by atoms with E-state index in [-0.39, 0.29) is 5.97 Å². The summed E-state index contributed by atoms with van der Waals surface area (Å²) in [5.41, 5.74) is 3.49. The first-order valence-corrected chi connectivity index (χ1v) is 8.20. The van der Waals surface area contributed by atoms with Gasteiger partial charge in [-0.2, -0.15) is 0 Å². The number of fused-ring (bicyclic) bond motifs is 1. The third-order valence-corrected chi connectivity index (χ3v) is 4.05. The molecule has 0 aliphatic rings. The van der Waals surface area contributed by atoms with Gasteiger partial charge < -0.3 is 9.30 Å². The van der Waals surface area contributed by atoms with E-state index in [1.807, 2.05) is 24.3 Å². The molecule has 0 saturated heterocycles. The van der Waals surface area contributed by atoms with Gasteiger partial charge in [0.25, 0.3) is 0 Å². The Morgan fingerprint density at radius 2 is 2.00 bits per heavy atom. The number of rotatable bonds is 6. The molecule has 3 rings (SSSR count).